The van der Waals surface area contributed by atoms with Gasteiger partial charge in [0.05, 0.1) is 0 Å². The zero-order valence-electron chi connectivity index (χ0n) is 11.2. The Labute approximate surface area is 113 Å². The predicted octanol–water partition coefficient (Wildman–Crippen LogP) is 2.38. The molecule has 3 rings (SSSR count). The molecule has 4 heteroatoms. The molecule has 1 aliphatic rings. The minimum atomic E-state index is 0.772. The highest BCUT2D eigenvalue weighted by Crippen LogP contribution is 2.26. The molecule has 0 aliphatic heterocycles. The third-order valence-corrected chi connectivity index (χ3v) is 3.44. The fourth-order valence-electron chi connectivity index (χ4n) is 2.56. The summed E-state index contributed by atoms with van der Waals surface area (Å²) in [4.78, 5) is 13.4. The maximum atomic E-state index is 4.72. The molecule has 2 aromatic rings. The first kappa shape index (κ1) is 12.1. The van der Waals surface area contributed by atoms with Crippen molar-refractivity contribution in [3.05, 3.63) is 47.2 Å². The van der Waals surface area contributed by atoms with Crippen molar-refractivity contribution in [3.8, 4) is 0 Å². The average Bonchev–Trinajstić information content (AvgIpc) is 2.89. The molecule has 0 bridgehead atoms. The fourth-order valence-corrected chi connectivity index (χ4v) is 2.56. The first-order valence-electron chi connectivity index (χ1n) is 6.88. The minimum absolute atomic E-state index is 0.772. The number of aromatic nitrogens is 3. The number of hydrogen-bond donors (Lipinski definition) is 1. The third kappa shape index (κ3) is 2.57. The van der Waals surface area contributed by atoms with Crippen molar-refractivity contribution in [2.24, 2.45) is 0 Å². The Bertz CT molecular complexity index is 566. The number of rotatable bonds is 4. The van der Waals surface area contributed by atoms with E-state index < -0.39 is 0 Å². The Balaban J connectivity index is 1.92. The van der Waals surface area contributed by atoms with Gasteiger partial charge in [-0.1, -0.05) is 0 Å². The molecule has 1 aliphatic carbocycles. The van der Waals surface area contributed by atoms with Crippen LogP contribution in [0.15, 0.2) is 24.5 Å². The molecule has 0 saturated heterocycles. The highest BCUT2D eigenvalue weighted by atomic mass is 15.0. The van der Waals surface area contributed by atoms with E-state index in [0.717, 1.165) is 37.4 Å². The van der Waals surface area contributed by atoms with Crippen molar-refractivity contribution in [3.63, 3.8) is 0 Å². The lowest BCUT2D eigenvalue weighted by molar-refractivity contribution is 0.885. The molecule has 0 atom stereocenters. The quantitative estimate of drug-likeness (QED) is 0.910. The molecule has 4 nitrogen and oxygen atoms in total. The van der Waals surface area contributed by atoms with Crippen LogP contribution in [0.5, 0.6) is 0 Å². The van der Waals surface area contributed by atoms with Gasteiger partial charge >= 0.3 is 0 Å². The Morgan fingerprint density at radius 1 is 1.16 bits per heavy atom. The molecular formula is C15H18N4. The van der Waals surface area contributed by atoms with Gasteiger partial charge in [0.1, 0.15) is 11.6 Å². The van der Waals surface area contributed by atoms with Gasteiger partial charge in [-0.15, -0.1) is 0 Å². The standard InChI is InChI=1S/C15H18N4/c1-2-17-15-12-4-3-5-13(12)18-14(19-15)10-11-6-8-16-9-7-11/h6-9H,2-5,10H2,1H3,(H,17,18,19). The normalized spacial score (nSPS) is 13.3. The number of nitrogens with one attached hydrogen (secondary N) is 1. The van der Waals surface area contributed by atoms with Gasteiger partial charge in [0, 0.05) is 36.6 Å². The molecule has 0 radical (unpaired) electrons. The van der Waals surface area contributed by atoms with Crippen LogP contribution >= 0.6 is 0 Å². The second-order valence-electron chi connectivity index (χ2n) is 4.83. The molecule has 2 aromatic heterocycles. The van der Waals surface area contributed by atoms with Gasteiger partial charge in [-0.3, -0.25) is 4.98 Å². The number of aryl methyl sites for hydroxylation is 1. The first-order chi connectivity index (χ1) is 9.36. The highest BCUT2D eigenvalue weighted by Gasteiger charge is 2.18. The maximum absolute atomic E-state index is 4.72. The van der Waals surface area contributed by atoms with Crippen LogP contribution in [-0.2, 0) is 19.3 Å². The molecule has 0 unspecified atom stereocenters. The SMILES string of the molecule is CCNc1nc(Cc2ccncc2)nc2c1CCC2. The summed E-state index contributed by atoms with van der Waals surface area (Å²) in [5.41, 5.74) is 3.76. The van der Waals surface area contributed by atoms with Gasteiger partial charge in [0.25, 0.3) is 0 Å². The van der Waals surface area contributed by atoms with Crippen molar-refractivity contribution < 1.29 is 0 Å². The molecular weight excluding hydrogens is 236 g/mol. The summed E-state index contributed by atoms with van der Waals surface area (Å²) in [6.45, 7) is 3.00. The van der Waals surface area contributed by atoms with Gasteiger partial charge in [-0.2, -0.15) is 0 Å². The summed E-state index contributed by atoms with van der Waals surface area (Å²) in [6, 6.07) is 4.03. The number of anilines is 1. The summed E-state index contributed by atoms with van der Waals surface area (Å²) in [5, 5.41) is 3.37. The van der Waals surface area contributed by atoms with Gasteiger partial charge < -0.3 is 5.32 Å². The number of hydrogen-bond acceptors (Lipinski definition) is 4. The lowest BCUT2D eigenvalue weighted by Gasteiger charge is -2.10. The fraction of sp³-hybridized carbons (Fsp3) is 0.400. The molecule has 19 heavy (non-hydrogen) atoms. The Kier molecular flexibility index (Phi) is 3.40. The van der Waals surface area contributed by atoms with E-state index in [0.29, 0.717) is 0 Å². The van der Waals surface area contributed by atoms with Crippen LogP contribution < -0.4 is 5.32 Å². The smallest absolute Gasteiger partial charge is 0.135 e. The molecule has 0 saturated carbocycles. The minimum Gasteiger partial charge on any atom is -0.370 e. The van der Waals surface area contributed by atoms with Gasteiger partial charge in [-0.05, 0) is 43.9 Å². The largest absolute Gasteiger partial charge is 0.370 e. The predicted molar refractivity (Wildman–Crippen MR) is 75.3 cm³/mol. The van der Waals surface area contributed by atoms with Gasteiger partial charge in [-0.25, -0.2) is 9.97 Å². The Morgan fingerprint density at radius 3 is 2.79 bits per heavy atom. The van der Waals surface area contributed by atoms with Crippen LogP contribution in [0.25, 0.3) is 0 Å². The molecule has 0 aromatic carbocycles. The molecule has 0 amide bonds. The van der Waals surface area contributed by atoms with E-state index in [9.17, 15) is 0 Å². The summed E-state index contributed by atoms with van der Waals surface area (Å²) in [7, 11) is 0. The zero-order valence-corrected chi connectivity index (χ0v) is 11.2. The Morgan fingerprint density at radius 2 is 2.00 bits per heavy atom. The van der Waals surface area contributed by atoms with E-state index in [1.807, 2.05) is 24.5 Å². The second kappa shape index (κ2) is 5.34. The van der Waals surface area contributed by atoms with Crippen molar-refractivity contribution in [1.29, 1.82) is 0 Å². The molecule has 98 valence electrons. The zero-order chi connectivity index (χ0) is 13.1. The van der Waals surface area contributed by atoms with Gasteiger partial charge in [0.15, 0.2) is 0 Å². The second-order valence-corrected chi connectivity index (χ2v) is 4.83. The first-order valence-corrected chi connectivity index (χ1v) is 6.88. The van der Waals surface area contributed by atoms with Gasteiger partial charge in [0.2, 0.25) is 0 Å². The lowest BCUT2D eigenvalue weighted by atomic mass is 10.1. The van der Waals surface area contributed by atoms with E-state index >= 15 is 0 Å². The summed E-state index contributed by atoms with van der Waals surface area (Å²) in [5.74, 6) is 1.94. The van der Waals surface area contributed by atoms with Crippen molar-refractivity contribution in [2.45, 2.75) is 32.6 Å². The van der Waals surface area contributed by atoms with Crippen LogP contribution in [0.2, 0.25) is 0 Å². The van der Waals surface area contributed by atoms with E-state index in [4.69, 9.17) is 4.98 Å². The topological polar surface area (TPSA) is 50.7 Å². The third-order valence-electron chi connectivity index (χ3n) is 3.44. The number of pyridine rings is 1. The van der Waals surface area contributed by atoms with E-state index in [2.05, 4.69) is 22.2 Å². The molecule has 0 spiro atoms. The van der Waals surface area contributed by atoms with E-state index in [-0.39, 0.29) is 0 Å². The van der Waals surface area contributed by atoms with Crippen LogP contribution in [-0.4, -0.2) is 21.5 Å². The van der Waals surface area contributed by atoms with Crippen molar-refractivity contribution >= 4 is 5.82 Å². The average molecular weight is 254 g/mol. The highest BCUT2D eigenvalue weighted by molar-refractivity contribution is 5.49. The monoisotopic (exact) mass is 254 g/mol. The van der Waals surface area contributed by atoms with Crippen molar-refractivity contribution in [1.82, 2.24) is 15.0 Å². The van der Waals surface area contributed by atoms with Crippen molar-refractivity contribution in [2.75, 3.05) is 11.9 Å². The number of nitrogens with zero attached hydrogens (tertiary/aromatic N) is 3. The van der Waals surface area contributed by atoms with Crippen LogP contribution in [0.1, 0.15) is 36.0 Å². The van der Waals surface area contributed by atoms with E-state index in [1.54, 1.807) is 0 Å². The van der Waals surface area contributed by atoms with E-state index in [1.165, 1.54) is 23.2 Å². The van der Waals surface area contributed by atoms with Crippen LogP contribution in [0.4, 0.5) is 5.82 Å². The Hall–Kier alpha value is -1.97. The molecule has 1 N–H and O–H groups in total. The summed E-state index contributed by atoms with van der Waals surface area (Å²) in [6.07, 6.45) is 7.78. The van der Waals surface area contributed by atoms with Crippen LogP contribution in [0.3, 0.4) is 0 Å². The summed E-state index contributed by atoms with van der Waals surface area (Å²) >= 11 is 0. The lowest BCUT2D eigenvalue weighted by Crippen LogP contribution is -2.08. The summed E-state index contributed by atoms with van der Waals surface area (Å²) < 4.78 is 0. The maximum Gasteiger partial charge on any atom is 0.135 e. The molecule has 2 heterocycles. The number of fused-ring (bicyclic) bond motifs is 1. The molecule has 0 fully saturated rings. The van der Waals surface area contributed by atoms with Crippen LogP contribution in [0, 0.1) is 0 Å².